The van der Waals surface area contributed by atoms with E-state index in [1.807, 2.05) is 0 Å². The van der Waals surface area contributed by atoms with Gasteiger partial charge in [0.15, 0.2) is 0 Å². The van der Waals surface area contributed by atoms with Crippen LogP contribution in [0.3, 0.4) is 0 Å². The van der Waals surface area contributed by atoms with Gasteiger partial charge in [-0.2, -0.15) is 0 Å². The summed E-state index contributed by atoms with van der Waals surface area (Å²) in [4.78, 5) is 0. The van der Waals surface area contributed by atoms with Crippen molar-refractivity contribution in [3.63, 3.8) is 0 Å². The van der Waals surface area contributed by atoms with Crippen molar-refractivity contribution in [2.24, 2.45) is 5.92 Å². The zero-order valence-corrected chi connectivity index (χ0v) is 11.5. The molecule has 2 heteroatoms. The Morgan fingerprint density at radius 1 is 1.35 bits per heavy atom. The highest BCUT2D eigenvalue weighted by molar-refractivity contribution is 5.21. The van der Waals surface area contributed by atoms with E-state index in [0.29, 0.717) is 6.04 Å². The Labute approximate surface area is 105 Å². The Morgan fingerprint density at radius 2 is 2.06 bits per heavy atom. The number of rotatable bonds is 5. The predicted molar refractivity (Wildman–Crippen MR) is 73.1 cm³/mol. The Kier molecular flexibility index (Phi) is 4.27. The SMILES string of the molecule is Cc1c(CNC(C)C)ccn1CC1CCCC1. The van der Waals surface area contributed by atoms with Gasteiger partial charge in [0.25, 0.3) is 0 Å². The van der Waals surface area contributed by atoms with Crippen molar-refractivity contribution in [1.29, 1.82) is 0 Å². The maximum atomic E-state index is 3.50. The molecule has 2 rings (SSSR count). The number of aromatic nitrogens is 1. The van der Waals surface area contributed by atoms with E-state index in [9.17, 15) is 0 Å². The Balaban J connectivity index is 1.94. The summed E-state index contributed by atoms with van der Waals surface area (Å²) < 4.78 is 2.45. The fraction of sp³-hybridized carbons (Fsp3) is 0.733. The third-order valence-electron chi connectivity index (χ3n) is 3.98. The molecule has 17 heavy (non-hydrogen) atoms. The lowest BCUT2D eigenvalue weighted by molar-refractivity contribution is 0.452. The molecule has 0 aromatic carbocycles. The van der Waals surface area contributed by atoms with Crippen LogP contribution >= 0.6 is 0 Å². The minimum Gasteiger partial charge on any atom is -0.351 e. The van der Waals surface area contributed by atoms with E-state index in [-0.39, 0.29) is 0 Å². The first-order valence-corrected chi connectivity index (χ1v) is 7.05. The van der Waals surface area contributed by atoms with Gasteiger partial charge in [0.05, 0.1) is 0 Å². The van der Waals surface area contributed by atoms with Crippen molar-refractivity contribution in [3.8, 4) is 0 Å². The molecule has 1 saturated carbocycles. The quantitative estimate of drug-likeness (QED) is 0.825. The summed E-state index contributed by atoms with van der Waals surface area (Å²) in [5, 5.41) is 3.50. The van der Waals surface area contributed by atoms with Crippen LogP contribution in [0.5, 0.6) is 0 Å². The van der Waals surface area contributed by atoms with Gasteiger partial charge in [0, 0.05) is 31.0 Å². The average Bonchev–Trinajstić information content (AvgIpc) is 2.89. The minimum absolute atomic E-state index is 0.563. The van der Waals surface area contributed by atoms with Gasteiger partial charge >= 0.3 is 0 Å². The molecule has 0 unspecified atom stereocenters. The van der Waals surface area contributed by atoms with E-state index in [2.05, 4.69) is 42.9 Å². The summed E-state index contributed by atoms with van der Waals surface area (Å²) in [6.07, 6.45) is 8.00. The Hall–Kier alpha value is -0.760. The second-order valence-corrected chi connectivity index (χ2v) is 5.76. The molecule has 1 aliphatic rings. The molecule has 1 aromatic rings. The third-order valence-corrected chi connectivity index (χ3v) is 3.98. The predicted octanol–water partition coefficient (Wildman–Crippen LogP) is 3.48. The van der Waals surface area contributed by atoms with Crippen molar-refractivity contribution in [2.45, 2.75) is 65.6 Å². The van der Waals surface area contributed by atoms with Crippen molar-refractivity contribution >= 4 is 0 Å². The number of nitrogens with one attached hydrogen (secondary N) is 1. The molecule has 0 radical (unpaired) electrons. The summed E-state index contributed by atoms with van der Waals surface area (Å²) in [6.45, 7) is 8.89. The molecule has 0 amide bonds. The highest BCUT2D eigenvalue weighted by Crippen LogP contribution is 2.27. The highest BCUT2D eigenvalue weighted by Gasteiger charge is 2.16. The van der Waals surface area contributed by atoms with Crippen molar-refractivity contribution in [3.05, 3.63) is 23.5 Å². The Morgan fingerprint density at radius 3 is 2.71 bits per heavy atom. The number of nitrogens with zero attached hydrogens (tertiary/aromatic N) is 1. The van der Waals surface area contributed by atoms with Crippen LogP contribution in [0.15, 0.2) is 12.3 Å². The maximum absolute atomic E-state index is 3.50. The van der Waals surface area contributed by atoms with Gasteiger partial charge in [0.2, 0.25) is 0 Å². The lowest BCUT2D eigenvalue weighted by atomic mass is 10.1. The number of hydrogen-bond donors (Lipinski definition) is 1. The average molecular weight is 234 g/mol. The van der Waals surface area contributed by atoms with Crippen LogP contribution in [-0.2, 0) is 13.1 Å². The molecule has 0 saturated heterocycles. The van der Waals surface area contributed by atoms with Crippen LogP contribution < -0.4 is 5.32 Å². The Bertz CT molecular complexity index is 346. The molecule has 0 atom stereocenters. The van der Waals surface area contributed by atoms with Crippen LogP contribution in [-0.4, -0.2) is 10.6 Å². The molecule has 1 N–H and O–H groups in total. The molecule has 1 aromatic heterocycles. The molecule has 1 fully saturated rings. The molecule has 0 spiro atoms. The summed E-state index contributed by atoms with van der Waals surface area (Å²) in [6, 6.07) is 2.84. The largest absolute Gasteiger partial charge is 0.351 e. The molecule has 2 nitrogen and oxygen atoms in total. The van der Waals surface area contributed by atoms with E-state index in [4.69, 9.17) is 0 Å². The van der Waals surface area contributed by atoms with Crippen LogP contribution in [0.1, 0.15) is 50.8 Å². The number of hydrogen-bond acceptors (Lipinski definition) is 1. The first-order valence-electron chi connectivity index (χ1n) is 7.05. The van der Waals surface area contributed by atoms with E-state index in [1.165, 1.54) is 43.5 Å². The smallest absolute Gasteiger partial charge is 0.0250 e. The summed E-state index contributed by atoms with van der Waals surface area (Å²) in [5.41, 5.74) is 2.90. The molecular formula is C15H26N2. The topological polar surface area (TPSA) is 17.0 Å². The molecular weight excluding hydrogens is 208 g/mol. The van der Waals surface area contributed by atoms with E-state index < -0.39 is 0 Å². The highest BCUT2D eigenvalue weighted by atomic mass is 15.0. The fourth-order valence-electron chi connectivity index (χ4n) is 2.77. The van der Waals surface area contributed by atoms with Gasteiger partial charge in [-0.25, -0.2) is 0 Å². The molecule has 96 valence electrons. The molecule has 0 aliphatic heterocycles. The lowest BCUT2D eigenvalue weighted by Gasteiger charge is -2.13. The van der Waals surface area contributed by atoms with Crippen molar-refractivity contribution < 1.29 is 0 Å². The molecule has 0 bridgehead atoms. The normalized spacial score (nSPS) is 17.2. The van der Waals surface area contributed by atoms with E-state index in [1.54, 1.807) is 0 Å². The van der Waals surface area contributed by atoms with Crippen LogP contribution in [0.2, 0.25) is 0 Å². The van der Waals surface area contributed by atoms with Crippen LogP contribution in [0.4, 0.5) is 0 Å². The van der Waals surface area contributed by atoms with Crippen molar-refractivity contribution in [1.82, 2.24) is 9.88 Å². The van der Waals surface area contributed by atoms with Gasteiger partial charge in [-0.05, 0) is 37.3 Å². The second kappa shape index (κ2) is 5.72. The van der Waals surface area contributed by atoms with Crippen LogP contribution in [0.25, 0.3) is 0 Å². The summed E-state index contributed by atoms with van der Waals surface area (Å²) >= 11 is 0. The maximum Gasteiger partial charge on any atom is 0.0250 e. The monoisotopic (exact) mass is 234 g/mol. The molecule has 1 heterocycles. The molecule has 1 aliphatic carbocycles. The minimum atomic E-state index is 0.563. The zero-order chi connectivity index (χ0) is 12.3. The van der Waals surface area contributed by atoms with Gasteiger partial charge in [-0.15, -0.1) is 0 Å². The fourth-order valence-corrected chi connectivity index (χ4v) is 2.77. The van der Waals surface area contributed by atoms with Gasteiger partial charge in [-0.1, -0.05) is 26.7 Å². The second-order valence-electron chi connectivity index (χ2n) is 5.76. The first-order chi connectivity index (χ1) is 8.16. The standard InChI is InChI=1S/C15H26N2/c1-12(2)16-10-15-8-9-17(13(15)3)11-14-6-4-5-7-14/h8-9,12,14,16H,4-7,10-11H2,1-3H3. The van der Waals surface area contributed by atoms with Gasteiger partial charge in [-0.3, -0.25) is 0 Å². The van der Waals surface area contributed by atoms with E-state index in [0.717, 1.165) is 12.5 Å². The van der Waals surface area contributed by atoms with Gasteiger partial charge in [0.1, 0.15) is 0 Å². The van der Waals surface area contributed by atoms with E-state index >= 15 is 0 Å². The van der Waals surface area contributed by atoms with Crippen molar-refractivity contribution in [2.75, 3.05) is 0 Å². The third kappa shape index (κ3) is 3.35. The summed E-state index contributed by atoms with van der Waals surface area (Å²) in [5.74, 6) is 0.923. The summed E-state index contributed by atoms with van der Waals surface area (Å²) in [7, 11) is 0. The zero-order valence-electron chi connectivity index (χ0n) is 11.5. The first kappa shape index (κ1) is 12.7. The van der Waals surface area contributed by atoms with Crippen LogP contribution in [0, 0.1) is 12.8 Å². The lowest BCUT2D eigenvalue weighted by Crippen LogP contribution is -2.22. The van der Waals surface area contributed by atoms with Gasteiger partial charge < -0.3 is 9.88 Å².